The second-order valence-corrected chi connectivity index (χ2v) is 5.42. The van der Waals surface area contributed by atoms with Crippen molar-refractivity contribution in [1.82, 2.24) is 14.9 Å². The summed E-state index contributed by atoms with van der Waals surface area (Å²) in [6.07, 6.45) is 4.56. The second kappa shape index (κ2) is 4.76. The molecule has 1 heterocycles. The maximum Gasteiger partial charge on any atom is 0.100 e. The Labute approximate surface area is 118 Å². The van der Waals surface area contributed by atoms with Crippen LogP contribution in [0.15, 0.2) is 54.9 Å². The zero-order valence-electron chi connectivity index (χ0n) is 11.3. The zero-order chi connectivity index (χ0) is 13.4. The van der Waals surface area contributed by atoms with Crippen molar-refractivity contribution in [3.63, 3.8) is 0 Å². The average molecular weight is 263 g/mol. The first kappa shape index (κ1) is 11.7. The van der Waals surface area contributed by atoms with Crippen LogP contribution in [0.1, 0.15) is 18.4 Å². The first-order chi connectivity index (χ1) is 9.90. The lowest BCUT2D eigenvalue weighted by molar-refractivity contribution is 0.688. The zero-order valence-corrected chi connectivity index (χ0v) is 11.3. The summed E-state index contributed by atoms with van der Waals surface area (Å²) in [6, 6.07) is 17.7. The number of hydrogen-bond donors (Lipinski definition) is 1. The van der Waals surface area contributed by atoms with Gasteiger partial charge in [0.05, 0.1) is 11.0 Å². The van der Waals surface area contributed by atoms with E-state index in [-0.39, 0.29) is 0 Å². The molecule has 4 rings (SSSR count). The standard InChI is InChI=1S/C17H17N3/c1-2-4-17-16(3-1)19-12-20(17)15-9-5-13(6-10-15)11-18-14-7-8-14/h1-6,9-10,12,14,18H,7-8,11H2. The predicted octanol–water partition coefficient (Wildman–Crippen LogP) is 3.28. The van der Waals surface area contributed by atoms with Gasteiger partial charge in [-0.25, -0.2) is 4.98 Å². The number of nitrogens with one attached hydrogen (secondary N) is 1. The summed E-state index contributed by atoms with van der Waals surface area (Å²) >= 11 is 0. The molecule has 0 amide bonds. The smallest absolute Gasteiger partial charge is 0.100 e. The van der Waals surface area contributed by atoms with Crippen molar-refractivity contribution >= 4 is 11.0 Å². The lowest BCUT2D eigenvalue weighted by atomic mass is 10.2. The van der Waals surface area contributed by atoms with Gasteiger partial charge in [0.15, 0.2) is 0 Å². The maximum atomic E-state index is 4.44. The molecule has 1 fully saturated rings. The summed E-state index contributed by atoms with van der Waals surface area (Å²) in [4.78, 5) is 4.44. The van der Waals surface area contributed by atoms with Crippen LogP contribution in [-0.4, -0.2) is 15.6 Å². The van der Waals surface area contributed by atoms with E-state index in [1.165, 1.54) is 18.4 Å². The number of benzene rings is 2. The highest BCUT2D eigenvalue weighted by Gasteiger charge is 2.19. The van der Waals surface area contributed by atoms with Gasteiger partial charge in [0.2, 0.25) is 0 Å². The summed E-state index contributed by atoms with van der Waals surface area (Å²) in [7, 11) is 0. The van der Waals surface area contributed by atoms with Crippen LogP contribution in [0, 0.1) is 0 Å². The molecule has 0 atom stereocenters. The van der Waals surface area contributed by atoms with Crippen molar-refractivity contribution < 1.29 is 0 Å². The minimum absolute atomic E-state index is 0.757. The molecule has 2 aromatic carbocycles. The van der Waals surface area contributed by atoms with E-state index < -0.39 is 0 Å². The summed E-state index contributed by atoms with van der Waals surface area (Å²) in [5.74, 6) is 0. The van der Waals surface area contributed by atoms with E-state index in [0.29, 0.717) is 0 Å². The number of hydrogen-bond acceptors (Lipinski definition) is 2. The van der Waals surface area contributed by atoms with Crippen LogP contribution in [0.3, 0.4) is 0 Å². The third-order valence-electron chi connectivity index (χ3n) is 3.84. The molecule has 0 spiro atoms. The monoisotopic (exact) mass is 263 g/mol. The van der Waals surface area contributed by atoms with Gasteiger partial charge in [0.25, 0.3) is 0 Å². The Hall–Kier alpha value is -2.13. The summed E-state index contributed by atoms with van der Waals surface area (Å²) in [5.41, 5.74) is 4.68. The van der Waals surface area contributed by atoms with Crippen molar-refractivity contribution in [3.8, 4) is 5.69 Å². The molecule has 0 aliphatic heterocycles. The molecule has 0 radical (unpaired) electrons. The Morgan fingerprint density at radius 3 is 2.65 bits per heavy atom. The van der Waals surface area contributed by atoms with E-state index in [4.69, 9.17) is 0 Å². The minimum atomic E-state index is 0.757. The molecule has 1 N–H and O–H groups in total. The second-order valence-electron chi connectivity index (χ2n) is 5.42. The van der Waals surface area contributed by atoms with E-state index in [0.717, 1.165) is 29.3 Å². The molecular formula is C17H17N3. The molecular weight excluding hydrogens is 246 g/mol. The Balaban J connectivity index is 1.61. The highest BCUT2D eigenvalue weighted by Crippen LogP contribution is 2.20. The van der Waals surface area contributed by atoms with Crippen molar-refractivity contribution in [1.29, 1.82) is 0 Å². The molecule has 3 heteroatoms. The van der Waals surface area contributed by atoms with E-state index in [9.17, 15) is 0 Å². The van der Waals surface area contributed by atoms with Crippen molar-refractivity contribution in [2.24, 2.45) is 0 Å². The van der Waals surface area contributed by atoms with Gasteiger partial charge in [0, 0.05) is 18.3 Å². The van der Waals surface area contributed by atoms with Gasteiger partial charge in [-0.05, 0) is 42.7 Å². The molecule has 1 saturated carbocycles. The maximum absolute atomic E-state index is 4.44. The van der Waals surface area contributed by atoms with E-state index >= 15 is 0 Å². The summed E-state index contributed by atoms with van der Waals surface area (Å²) < 4.78 is 2.13. The van der Waals surface area contributed by atoms with Crippen LogP contribution in [0.25, 0.3) is 16.7 Å². The van der Waals surface area contributed by atoms with Gasteiger partial charge < -0.3 is 5.32 Å². The molecule has 0 bridgehead atoms. The fraction of sp³-hybridized carbons (Fsp3) is 0.235. The predicted molar refractivity (Wildman–Crippen MR) is 80.9 cm³/mol. The van der Waals surface area contributed by atoms with Gasteiger partial charge >= 0.3 is 0 Å². The Bertz CT molecular complexity index is 723. The van der Waals surface area contributed by atoms with E-state index in [2.05, 4.69) is 51.3 Å². The molecule has 20 heavy (non-hydrogen) atoms. The highest BCUT2D eigenvalue weighted by molar-refractivity contribution is 5.77. The first-order valence-electron chi connectivity index (χ1n) is 7.15. The highest BCUT2D eigenvalue weighted by atomic mass is 15.0. The number of para-hydroxylation sites is 2. The van der Waals surface area contributed by atoms with Crippen LogP contribution in [0.4, 0.5) is 0 Å². The quantitative estimate of drug-likeness (QED) is 0.783. The fourth-order valence-electron chi connectivity index (χ4n) is 2.49. The normalized spacial score (nSPS) is 14.8. The van der Waals surface area contributed by atoms with Gasteiger partial charge in [-0.3, -0.25) is 4.57 Å². The Morgan fingerprint density at radius 2 is 1.85 bits per heavy atom. The molecule has 0 unspecified atom stereocenters. The lowest BCUT2D eigenvalue weighted by Gasteiger charge is -2.07. The average Bonchev–Trinajstić information content (AvgIpc) is 3.23. The summed E-state index contributed by atoms with van der Waals surface area (Å²) in [5, 5.41) is 3.54. The van der Waals surface area contributed by atoms with Crippen LogP contribution >= 0.6 is 0 Å². The van der Waals surface area contributed by atoms with Crippen molar-refractivity contribution in [3.05, 3.63) is 60.4 Å². The Kier molecular flexibility index (Phi) is 2.78. The van der Waals surface area contributed by atoms with Crippen molar-refractivity contribution in [2.45, 2.75) is 25.4 Å². The molecule has 1 aromatic heterocycles. The molecule has 3 nitrogen and oxygen atoms in total. The lowest BCUT2D eigenvalue weighted by Crippen LogP contribution is -2.15. The third-order valence-corrected chi connectivity index (χ3v) is 3.84. The largest absolute Gasteiger partial charge is 0.310 e. The van der Waals surface area contributed by atoms with E-state index in [1.807, 2.05) is 18.5 Å². The minimum Gasteiger partial charge on any atom is -0.310 e. The molecule has 0 saturated heterocycles. The number of rotatable bonds is 4. The summed E-state index contributed by atoms with van der Waals surface area (Å²) in [6.45, 7) is 0.968. The van der Waals surface area contributed by atoms with Crippen LogP contribution in [-0.2, 0) is 6.54 Å². The SMILES string of the molecule is c1ccc2c(c1)ncn2-c1ccc(CNC2CC2)cc1. The first-order valence-corrected chi connectivity index (χ1v) is 7.15. The van der Waals surface area contributed by atoms with Gasteiger partial charge in [-0.2, -0.15) is 0 Å². The van der Waals surface area contributed by atoms with Gasteiger partial charge in [-0.1, -0.05) is 24.3 Å². The molecule has 3 aromatic rings. The number of fused-ring (bicyclic) bond motifs is 1. The molecule has 100 valence electrons. The van der Waals surface area contributed by atoms with E-state index in [1.54, 1.807) is 0 Å². The molecule has 1 aliphatic rings. The number of aromatic nitrogens is 2. The van der Waals surface area contributed by atoms with Crippen LogP contribution in [0.2, 0.25) is 0 Å². The molecule has 1 aliphatic carbocycles. The number of imidazole rings is 1. The van der Waals surface area contributed by atoms with Crippen molar-refractivity contribution in [2.75, 3.05) is 0 Å². The van der Waals surface area contributed by atoms with Gasteiger partial charge in [-0.15, -0.1) is 0 Å². The topological polar surface area (TPSA) is 29.9 Å². The van der Waals surface area contributed by atoms with Gasteiger partial charge in [0.1, 0.15) is 6.33 Å². The Morgan fingerprint density at radius 1 is 1.05 bits per heavy atom. The third kappa shape index (κ3) is 2.21. The van der Waals surface area contributed by atoms with Crippen LogP contribution in [0.5, 0.6) is 0 Å². The fourth-order valence-corrected chi connectivity index (χ4v) is 2.49. The van der Waals surface area contributed by atoms with Crippen LogP contribution < -0.4 is 5.32 Å². The number of nitrogens with zero attached hydrogens (tertiary/aromatic N) is 2.